The molecule has 1 N–H and O–H groups in total. The molecule has 2 fully saturated rings. The highest BCUT2D eigenvalue weighted by atomic mass is 16.6. The summed E-state index contributed by atoms with van der Waals surface area (Å²) in [5.74, 6) is -0.209. The minimum absolute atomic E-state index is 0.00881. The average molecular weight is 472 g/mol. The van der Waals surface area contributed by atoms with E-state index in [0.717, 1.165) is 36.1 Å². The van der Waals surface area contributed by atoms with Gasteiger partial charge in [-0.25, -0.2) is 4.79 Å². The van der Waals surface area contributed by atoms with E-state index >= 15 is 0 Å². The number of ether oxygens (including phenoxy) is 1. The van der Waals surface area contributed by atoms with Crippen molar-refractivity contribution < 1.29 is 14.3 Å². The van der Waals surface area contributed by atoms with Crippen molar-refractivity contribution in [1.29, 1.82) is 10.5 Å². The maximum atomic E-state index is 13.2. The van der Waals surface area contributed by atoms with E-state index in [2.05, 4.69) is 16.4 Å². The number of aromatic nitrogens is 1. The molecule has 1 aliphatic carbocycles. The molecular weight excluding hydrogens is 442 g/mol. The molecule has 4 rings (SSSR count). The Hall–Kier alpha value is -3.91. The van der Waals surface area contributed by atoms with Crippen molar-refractivity contribution >= 4 is 12.0 Å². The number of likely N-dealkylation sites (tertiary alicyclic amines) is 1. The summed E-state index contributed by atoms with van der Waals surface area (Å²) in [4.78, 5) is 31.9. The molecule has 1 aromatic heterocycles. The third-order valence-corrected chi connectivity index (χ3v) is 6.51. The summed E-state index contributed by atoms with van der Waals surface area (Å²) in [6.45, 7) is 5.42. The fraction of sp³-hybridized carbons (Fsp3) is 0.444. The summed E-state index contributed by atoms with van der Waals surface area (Å²) < 4.78 is 5.56. The van der Waals surface area contributed by atoms with Crippen molar-refractivity contribution in [1.82, 2.24) is 15.2 Å². The maximum Gasteiger partial charge on any atom is 0.411 e. The first-order chi connectivity index (χ1) is 16.7. The van der Waals surface area contributed by atoms with E-state index in [-0.39, 0.29) is 17.9 Å². The van der Waals surface area contributed by atoms with Gasteiger partial charge in [0, 0.05) is 24.2 Å². The molecule has 180 valence electrons. The van der Waals surface area contributed by atoms with E-state index in [4.69, 9.17) is 10.00 Å². The van der Waals surface area contributed by atoms with Crippen molar-refractivity contribution in [3.63, 3.8) is 0 Å². The highest BCUT2D eigenvalue weighted by Gasteiger charge is 2.52. The highest BCUT2D eigenvalue weighted by molar-refractivity contribution is 5.87. The number of fused-ring (bicyclic) bond motifs is 2. The Labute approximate surface area is 205 Å². The molecule has 2 aromatic rings. The topological polar surface area (TPSA) is 119 Å². The summed E-state index contributed by atoms with van der Waals surface area (Å²) >= 11 is 0. The van der Waals surface area contributed by atoms with E-state index in [1.807, 2.05) is 51.1 Å². The van der Waals surface area contributed by atoms with Gasteiger partial charge in [-0.15, -0.1) is 0 Å². The Kier molecular flexibility index (Phi) is 6.75. The van der Waals surface area contributed by atoms with Gasteiger partial charge in [-0.1, -0.05) is 24.3 Å². The fourth-order valence-corrected chi connectivity index (χ4v) is 4.97. The molecule has 2 amide bonds. The van der Waals surface area contributed by atoms with Crippen LogP contribution in [0.2, 0.25) is 0 Å². The van der Waals surface area contributed by atoms with Crippen LogP contribution >= 0.6 is 0 Å². The van der Waals surface area contributed by atoms with E-state index in [1.54, 1.807) is 17.0 Å². The summed E-state index contributed by atoms with van der Waals surface area (Å²) in [7, 11) is 0. The standard InChI is InChI=1S/C27H29N5O3/c1-27(2,3)35-26(34)32-22-10-9-20(13-22)24(32)25(33)31-21(15-29)12-17-4-7-19(8-5-17)23-11-6-18(14-28)16-30-23/h4-8,11,16,20-22,24H,9-10,12-13H2,1-3H3,(H,31,33). The van der Waals surface area contributed by atoms with Gasteiger partial charge < -0.3 is 10.1 Å². The van der Waals surface area contributed by atoms with Crippen molar-refractivity contribution in [2.24, 2.45) is 5.92 Å². The van der Waals surface area contributed by atoms with Crippen LogP contribution in [0.4, 0.5) is 4.79 Å². The second kappa shape index (κ2) is 9.76. The number of benzene rings is 1. The summed E-state index contributed by atoms with van der Waals surface area (Å²) in [5.41, 5.74) is 2.39. The number of amides is 2. The number of carbonyl (C=O) groups is 2. The monoisotopic (exact) mass is 471 g/mol. The average Bonchev–Trinajstić information content (AvgIpc) is 3.45. The zero-order valence-corrected chi connectivity index (χ0v) is 20.2. The summed E-state index contributed by atoms with van der Waals surface area (Å²) in [6, 6.07) is 14.0. The largest absolute Gasteiger partial charge is 0.444 e. The van der Waals surface area contributed by atoms with Gasteiger partial charge in [0.15, 0.2) is 0 Å². The molecule has 1 aromatic carbocycles. The number of nitriles is 2. The van der Waals surface area contributed by atoms with Crippen molar-refractivity contribution in [2.45, 2.75) is 70.2 Å². The first kappa shape index (κ1) is 24.2. The van der Waals surface area contributed by atoms with Gasteiger partial charge >= 0.3 is 6.09 Å². The van der Waals surface area contributed by atoms with Gasteiger partial charge in [0.05, 0.1) is 17.3 Å². The lowest BCUT2D eigenvalue weighted by molar-refractivity contribution is -0.128. The molecule has 2 aliphatic rings. The predicted octanol–water partition coefficient (Wildman–Crippen LogP) is 3.96. The maximum absolute atomic E-state index is 13.2. The zero-order chi connectivity index (χ0) is 25.2. The van der Waals surface area contributed by atoms with Gasteiger partial charge in [-0.3, -0.25) is 14.7 Å². The van der Waals surface area contributed by atoms with Gasteiger partial charge in [0.2, 0.25) is 5.91 Å². The Morgan fingerprint density at radius 1 is 1.17 bits per heavy atom. The number of nitrogens with one attached hydrogen (secondary N) is 1. The third kappa shape index (κ3) is 5.44. The van der Waals surface area contributed by atoms with Crippen LogP contribution in [0.1, 0.15) is 51.2 Å². The quantitative estimate of drug-likeness (QED) is 0.705. The lowest BCUT2D eigenvalue weighted by atomic mass is 9.97. The number of hydrogen-bond acceptors (Lipinski definition) is 6. The molecule has 1 aliphatic heterocycles. The molecule has 1 saturated heterocycles. The van der Waals surface area contributed by atoms with Crippen molar-refractivity contribution in [3.8, 4) is 23.4 Å². The summed E-state index contributed by atoms with van der Waals surface area (Å²) in [5, 5.41) is 21.5. The molecule has 0 radical (unpaired) electrons. The number of pyridine rings is 1. The van der Waals surface area contributed by atoms with Crippen LogP contribution in [0.3, 0.4) is 0 Å². The highest BCUT2D eigenvalue weighted by Crippen LogP contribution is 2.43. The third-order valence-electron chi connectivity index (χ3n) is 6.51. The lowest BCUT2D eigenvalue weighted by Gasteiger charge is -2.35. The molecule has 8 nitrogen and oxygen atoms in total. The summed E-state index contributed by atoms with van der Waals surface area (Å²) in [6.07, 6.45) is 3.96. The smallest absolute Gasteiger partial charge is 0.411 e. The molecule has 2 bridgehead atoms. The normalized spacial score (nSPS) is 21.6. The number of carbonyl (C=O) groups excluding carboxylic acids is 2. The van der Waals surface area contributed by atoms with E-state index in [0.29, 0.717) is 12.0 Å². The van der Waals surface area contributed by atoms with Crippen LogP contribution in [-0.4, -0.2) is 45.6 Å². The van der Waals surface area contributed by atoms with Crippen LogP contribution in [0.25, 0.3) is 11.3 Å². The molecule has 4 atom stereocenters. The van der Waals surface area contributed by atoms with Gasteiger partial charge in [-0.2, -0.15) is 10.5 Å². The first-order valence-electron chi connectivity index (χ1n) is 11.9. The Morgan fingerprint density at radius 2 is 1.91 bits per heavy atom. The second-order valence-electron chi connectivity index (χ2n) is 10.2. The predicted molar refractivity (Wildman–Crippen MR) is 129 cm³/mol. The van der Waals surface area contributed by atoms with Crippen LogP contribution < -0.4 is 5.32 Å². The molecule has 1 saturated carbocycles. The van der Waals surface area contributed by atoms with E-state index in [9.17, 15) is 14.9 Å². The number of hydrogen-bond donors (Lipinski definition) is 1. The van der Waals surface area contributed by atoms with Crippen molar-refractivity contribution in [3.05, 3.63) is 53.7 Å². The molecule has 4 unspecified atom stereocenters. The molecule has 8 heteroatoms. The number of piperidine rings is 1. The second-order valence-corrected chi connectivity index (χ2v) is 10.2. The Bertz CT molecular complexity index is 1170. The Morgan fingerprint density at radius 3 is 2.51 bits per heavy atom. The SMILES string of the molecule is CC(C)(C)OC(=O)N1C2CCC(C2)C1C(=O)NC(C#N)Cc1ccc(-c2ccc(C#N)cn2)cc1. The number of nitrogens with zero attached hydrogens (tertiary/aromatic N) is 4. The number of rotatable bonds is 5. The van der Waals surface area contributed by atoms with Gasteiger partial charge in [0.1, 0.15) is 23.8 Å². The molecular formula is C27H29N5O3. The van der Waals surface area contributed by atoms with Crippen molar-refractivity contribution in [2.75, 3.05) is 0 Å². The van der Waals surface area contributed by atoms with Crippen LogP contribution in [0.15, 0.2) is 42.6 Å². The van der Waals surface area contributed by atoms with E-state index < -0.39 is 23.8 Å². The van der Waals surface area contributed by atoms with Crippen LogP contribution in [0, 0.1) is 28.6 Å². The Balaban J connectivity index is 1.41. The van der Waals surface area contributed by atoms with E-state index in [1.165, 1.54) is 6.20 Å². The van der Waals surface area contributed by atoms with Crippen LogP contribution in [0.5, 0.6) is 0 Å². The fourth-order valence-electron chi connectivity index (χ4n) is 4.97. The molecule has 2 heterocycles. The zero-order valence-electron chi connectivity index (χ0n) is 20.2. The molecule has 0 spiro atoms. The minimum Gasteiger partial charge on any atom is -0.444 e. The minimum atomic E-state index is -0.721. The van der Waals surface area contributed by atoms with Crippen LogP contribution in [-0.2, 0) is 16.0 Å². The van der Waals surface area contributed by atoms with Gasteiger partial charge in [0.25, 0.3) is 0 Å². The van der Waals surface area contributed by atoms with Gasteiger partial charge in [-0.05, 0) is 63.6 Å². The molecule has 35 heavy (non-hydrogen) atoms. The lowest BCUT2D eigenvalue weighted by Crippen LogP contribution is -2.55. The first-order valence-corrected chi connectivity index (χ1v) is 11.9.